The van der Waals surface area contributed by atoms with E-state index in [2.05, 4.69) is 47.2 Å². The van der Waals surface area contributed by atoms with Crippen LogP contribution >= 0.6 is 0 Å². The quantitative estimate of drug-likeness (QED) is 0.0215. The molecule has 3 fully saturated rings. The number of benzene rings is 2. The van der Waals surface area contributed by atoms with E-state index in [0.717, 1.165) is 64.2 Å². The molecule has 6 rings (SSSR count). The maximum absolute atomic E-state index is 16.0. The molecule has 0 spiro atoms. The fraction of sp³-hybridized carbons (Fsp3) is 0.509. The van der Waals surface area contributed by atoms with E-state index < -0.39 is 109 Å². The van der Waals surface area contributed by atoms with Crippen LogP contribution in [0, 0.1) is 39.7 Å². The Morgan fingerprint density at radius 2 is 1.46 bits per heavy atom. The zero-order valence-corrected chi connectivity index (χ0v) is 44.2. The summed E-state index contributed by atoms with van der Waals surface area (Å²) in [4.78, 5) is 62.5. The van der Waals surface area contributed by atoms with E-state index in [1.165, 1.54) is 13.8 Å². The SMILES string of the molecule is COC(=O)N[C@H](C(=O)NN(Cc1c(F)cc(/C(C=N)=C/NC(F)F)cc1F)C[C@H](O)[C@H](Cc1ccc(C#Cc2ccc(N3CC4CCC(C3)N4C3COC3)nc2)cc1)NC(=O)[C@@H](NC(=O)OC)C(C)(C)C(F)(F)F)C(C)(C)CF. The highest BCUT2D eigenvalue weighted by molar-refractivity contribution is 6.08. The summed E-state index contributed by atoms with van der Waals surface area (Å²) in [5.41, 5.74) is -2.48. The van der Waals surface area contributed by atoms with Crippen molar-refractivity contribution in [2.45, 2.75) is 109 Å². The number of allylic oxidation sites excluding steroid dienone is 1. The second kappa shape index (κ2) is 26.3. The van der Waals surface area contributed by atoms with Crippen molar-refractivity contribution in [1.29, 1.82) is 5.41 Å². The van der Waals surface area contributed by atoms with Crippen LogP contribution in [0.4, 0.5) is 50.5 Å². The van der Waals surface area contributed by atoms with Gasteiger partial charge in [-0.05, 0) is 80.6 Å². The van der Waals surface area contributed by atoms with Crippen molar-refractivity contribution in [2.75, 3.05) is 58.6 Å². The lowest BCUT2D eigenvalue weighted by Crippen LogP contribution is -2.63. The minimum atomic E-state index is -5.12. The van der Waals surface area contributed by atoms with Gasteiger partial charge in [0.05, 0.1) is 57.7 Å². The maximum atomic E-state index is 16.0. The lowest BCUT2D eigenvalue weighted by Gasteiger charge is -2.47. The number of carbonyl (C=O) groups excluding carboxylic acids is 4. The number of nitrogens with zero attached hydrogens (tertiary/aromatic N) is 4. The number of alkyl carbamates (subject to hydrolysis) is 2. The van der Waals surface area contributed by atoms with Crippen molar-refractivity contribution in [3.8, 4) is 11.8 Å². The number of piperazine rings is 1. The van der Waals surface area contributed by atoms with Gasteiger partial charge < -0.3 is 50.9 Å². The van der Waals surface area contributed by atoms with Crippen LogP contribution in [0.25, 0.3) is 5.57 Å². The van der Waals surface area contributed by atoms with E-state index in [9.17, 15) is 50.6 Å². The van der Waals surface area contributed by atoms with E-state index in [1.807, 2.05) is 17.4 Å². The molecule has 7 N–H and O–H groups in total. The van der Waals surface area contributed by atoms with Gasteiger partial charge in [-0.1, -0.05) is 37.8 Å². The molecule has 3 aromatic rings. The van der Waals surface area contributed by atoms with Gasteiger partial charge in [0.15, 0.2) is 0 Å². The fourth-order valence-electron chi connectivity index (χ4n) is 9.41. The minimum absolute atomic E-state index is 0.346. The van der Waals surface area contributed by atoms with Crippen LogP contribution in [0.5, 0.6) is 0 Å². The number of hydrazine groups is 1. The molecule has 2 bridgehead atoms. The number of alkyl halides is 6. The summed E-state index contributed by atoms with van der Waals surface area (Å²) in [7, 11) is 1.81. The molecule has 3 saturated heterocycles. The number of fused-ring (bicyclic) bond motifs is 2. The first-order valence-electron chi connectivity index (χ1n) is 25.0. The number of hydrogen-bond acceptors (Lipinski definition) is 14. The summed E-state index contributed by atoms with van der Waals surface area (Å²) in [5.74, 6) is 1.55. The van der Waals surface area contributed by atoms with Crippen molar-refractivity contribution in [1.82, 2.24) is 41.6 Å². The van der Waals surface area contributed by atoms with Gasteiger partial charge in [0.1, 0.15) is 29.5 Å². The van der Waals surface area contributed by atoms with E-state index in [-0.39, 0.29) is 17.6 Å². The molecule has 6 atom stereocenters. The molecule has 1 aromatic heterocycles. The van der Waals surface area contributed by atoms with Gasteiger partial charge in [0, 0.05) is 84.6 Å². The van der Waals surface area contributed by atoms with Gasteiger partial charge in [-0.2, -0.15) is 22.0 Å². The standard InChI is InChI=1S/C53H64F8N10O8/c1-51(2,29-54)44(66-49(75)77-5)47(74)68-70(25-38-39(55)18-33(19-40(38)56)34(20-62)22-64-48(57)58)26-42(72)41(65-46(73)45(67-50(76)78-6)52(3,4)53(59,60)61)17-31-10-7-30(8-11-31)9-12-32-13-16-43(63-21-32)69-23-35-14-15-36(24-69)71(35)37-27-79-28-37/h7-8,10-11,13,16,18-22,35-37,41-42,44-45,48,62,64,72H,14-15,17,23-29H2,1-6H3,(H,65,73)(H,66,75)(H,67,76)(H,68,74)/b34-22+,62-20?/t35?,36?,41-,42-,44+,45+/m0/s1. The number of amides is 4. The highest BCUT2D eigenvalue weighted by Crippen LogP contribution is 2.41. The molecular formula is C53H64F8N10O8. The van der Waals surface area contributed by atoms with E-state index >= 15 is 8.78 Å². The average Bonchev–Trinajstić information content (AvgIpc) is 3.79. The van der Waals surface area contributed by atoms with Gasteiger partial charge >= 0.3 is 24.9 Å². The Morgan fingerprint density at radius 3 is 1.96 bits per heavy atom. The molecule has 4 heterocycles. The largest absolute Gasteiger partial charge is 0.453 e. The Balaban J connectivity index is 1.30. The average molecular weight is 1120 g/mol. The second-order valence-electron chi connectivity index (χ2n) is 20.6. The molecule has 0 aliphatic carbocycles. The monoisotopic (exact) mass is 1120 g/mol. The topological polar surface area (TPSA) is 223 Å². The van der Waals surface area contributed by atoms with E-state index in [4.69, 9.17) is 15.1 Å². The van der Waals surface area contributed by atoms with Gasteiger partial charge in [-0.3, -0.25) is 24.3 Å². The Kier molecular flexibility index (Phi) is 20.3. The van der Waals surface area contributed by atoms with Crippen LogP contribution in [0.2, 0.25) is 0 Å². The Morgan fingerprint density at radius 1 is 0.873 bits per heavy atom. The molecule has 2 unspecified atom stereocenters. The highest BCUT2D eigenvalue weighted by atomic mass is 19.4. The van der Waals surface area contributed by atoms with Crippen LogP contribution in [0.15, 0.2) is 60.9 Å². The molecule has 79 heavy (non-hydrogen) atoms. The summed E-state index contributed by atoms with van der Waals surface area (Å²) in [6.07, 6.45) is -5.03. The van der Waals surface area contributed by atoms with Crippen molar-refractivity contribution in [3.05, 3.63) is 100 Å². The second-order valence-corrected chi connectivity index (χ2v) is 20.6. The molecule has 3 aliphatic heterocycles. The fourth-order valence-corrected chi connectivity index (χ4v) is 9.41. The molecular weight excluding hydrogens is 1060 g/mol. The summed E-state index contributed by atoms with van der Waals surface area (Å²) in [6, 6.07) is 6.94. The normalized spacial score (nSPS) is 18.5. The smallest absolute Gasteiger partial charge is 0.407 e. The molecule has 26 heteroatoms. The van der Waals surface area contributed by atoms with Crippen molar-refractivity contribution >= 4 is 41.6 Å². The summed E-state index contributed by atoms with van der Waals surface area (Å²) >= 11 is 0. The molecule has 0 saturated carbocycles. The number of pyridine rings is 1. The Bertz CT molecular complexity index is 2700. The van der Waals surface area contributed by atoms with Gasteiger partial charge in [-0.25, -0.2) is 28.4 Å². The number of anilines is 1. The maximum Gasteiger partial charge on any atom is 0.407 e. The number of methoxy groups -OCH3 is 2. The molecule has 0 radical (unpaired) electrons. The third-order valence-electron chi connectivity index (χ3n) is 14.2. The van der Waals surface area contributed by atoms with Gasteiger partial charge in [0.2, 0.25) is 5.91 Å². The van der Waals surface area contributed by atoms with Gasteiger partial charge in [-0.15, -0.1) is 0 Å². The van der Waals surface area contributed by atoms with E-state index in [1.54, 1.807) is 35.8 Å². The Labute approximate surface area is 451 Å². The third kappa shape index (κ3) is 15.4. The van der Waals surface area contributed by atoms with Crippen molar-refractivity contribution < 1.29 is 73.6 Å². The number of rotatable bonds is 22. The third-order valence-corrected chi connectivity index (χ3v) is 14.2. The summed E-state index contributed by atoms with van der Waals surface area (Å²) in [5, 5.41) is 28.5. The lowest BCUT2D eigenvalue weighted by atomic mass is 9.82. The number of halogens is 8. The van der Waals surface area contributed by atoms with Crippen LogP contribution < -0.4 is 31.6 Å². The first-order chi connectivity index (χ1) is 37.3. The molecule has 430 valence electrons. The molecule has 2 aromatic carbocycles. The predicted molar refractivity (Wildman–Crippen MR) is 273 cm³/mol. The molecule has 18 nitrogen and oxygen atoms in total. The lowest BCUT2D eigenvalue weighted by molar-refractivity contribution is -0.220. The number of aliphatic hydroxyl groups excluding tert-OH is 1. The first kappa shape index (κ1) is 61.1. The highest BCUT2D eigenvalue weighted by Gasteiger charge is 2.56. The first-order valence-corrected chi connectivity index (χ1v) is 25.0. The number of aliphatic hydroxyl groups is 1. The zero-order valence-electron chi connectivity index (χ0n) is 44.2. The van der Waals surface area contributed by atoms with Crippen molar-refractivity contribution in [3.63, 3.8) is 0 Å². The number of ether oxygens (including phenoxy) is 3. The molecule has 4 amide bonds. The number of carbonyl (C=O) groups is 4. The van der Waals surface area contributed by atoms with Crippen LogP contribution in [0.1, 0.15) is 68.4 Å². The van der Waals surface area contributed by atoms with Crippen LogP contribution in [0.3, 0.4) is 0 Å². The molecule has 3 aliphatic rings. The van der Waals surface area contributed by atoms with Crippen LogP contribution in [-0.2, 0) is 36.8 Å². The van der Waals surface area contributed by atoms with E-state index in [0.29, 0.717) is 73.2 Å². The predicted octanol–water partition coefficient (Wildman–Crippen LogP) is 5.57. The van der Waals surface area contributed by atoms with Crippen molar-refractivity contribution in [2.24, 2.45) is 10.8 Å². The number of hydrogen-bond donors (Lipinski definition) is 7. The summed E-state index contributed by atoms with van der Waals surface area (Å²) in [6.45, 7) is 0.759. The Hall–Kier alpha value is -7.08. The minimum Gasteiger partial charge on any atom is -0.453 e. The number of nitrogens with one attached hydrogen (secondary N) is 6. The van der Waals surface area contributed by atoms with Crippen LogP contribution in [-0.4, -0.2) is 159 Å². The number of aromatic nitrogens is 1. The zero-order chi connectivity index (χ0) is 58.0. The van der Waals surface area contributed by atoms with Gasteiger partial charge in [0.25, 0.3) is 5.91 Å². The summed E-state index contributed by atoms with van der Waals surface area (Å²) < 4.78 is 131.